The molecule has 0 heterocycles. The van der Waals surface area contributed by atoms with Crippen LogP contribution in [0.2, 0.25) is 0 Å². The van der Waals surface area contributed by atoms with Gasteiger partial charge in [-0.2, -0.15) is 9.41 Å². The molecule has 0 saturated carbocycles. The highest BCUT2D eigenvalue weighted by atomic mass is 32.2. The fraction of sp³-hybridized carbons (Fsp3) is 0.0909. The van der Waals surface area contributed by atoms with Gasteiger partial charge in [0.05, 0.1) is 17.7 Å². The molecule has 0 atom stereocenters. The summed E-state index contributed by atoms with van der Waals surface area (Å²) in [5.41, 5.74) is 4.01. The summed E-state index contributed by atoms with van der Waals surface area (Å²) in [5.74, 6) is -0.521. The zero-order chi connectivity index (χ0) is 20.5. The molecule has 0 bridgehead atoms. The first kappa shape index (κ1) is 20.4. The van der Waals surface area contributed by atoms with Crippen LogP contribution >= 0.6 is 0 Å². The number of carbonyl (C=O) groups is 1. The van der Waals surface area contributed by atoms with Gasteiger partial charge in [0, 0.05) is 6.54 Å². The third-order valence-electron chi connectivity index (χ3n) is 4.11. The van der Waals surface area contributed by atoms with Crippen molar-refractivity contribution in [3.8, 4) is 0 Å². The summed E-state index contributed by atoms with van der Waals surface area (Å²) < 4.78 is 27.3. The standard InChI is InChI=1S/C22H21N3O3S/c26-22(24-23-16-19-10-4-1-5-11-19)18-25(17-20-12-6-2-7-13-20)29(27,28)21-14-8-3-9-15-21/h1-16H,17-18H2,(H,24,26). The van der Waals surface area contributed by atoms with Crippen molar-refractivity contribution in [2.45, 2.75) is 11.4 Å². The third kappa shape index (κ3) is 5.84. The third-order valence-corrected chi connectivity index (χ3v) is 5.91. The molecule has 3 aromatic rings. The van der Waals surface area contributed by atoms with Gasteiger partial charge in [-0.3, -0.25) is 4.79 Å². The van der Waals surface area contributed by atoms with Crippen LogP contribution in [0.4, 0.5) is 0 Å². The van der Waals surface area contributed by atoms with Gasteiger partial charge in [0.25, 0.3) is 5.91 Å². The van der Waals surface area contributed by atoms with Gasteiger partial charge in [-0.1, -0.05) is 78.9 Å². The maximum absolute atomic E-state index is 13.1. The molecule has 1 amide bonds. The lowest BCUT2D eigenvalue weighted by molar-refractivity contribution is -0.121. The van der Waals surface area contributed by atoms with Gasteiger partial charge in [-0.25, -0.2) is 13.8 Å². The predicted molar refractivity (Wildman–Crippen MR) is 113 cm³/mol. The number of hydrazone groups is 1. The SMILES string of the molecule is O=C(CN(Cc1ccccc1)S(=O)(=O)c1ccccc1)NN=Cc1ccccc1. The smallest absolute Gasteiger partial charge is 0.255 e. The molecule has 3 aromatic carbocycles. The Bertz CT molecular complexity index is 1050. The minimum Gasteiger partial charge on any atom is -0.272 e. The number of hydrogen-bond donors (Lipinski definition) is 1. The average molecular weight is 407 g/mol. The highest BCUT2D eigenvalue weighted by Gasteiger charge is 2.26. The maximum atomic E-state index is 13.1. The Labute approximate surface area is 170 Å². The number of carbonyl (C=O) groups excluding carboxylic acids is 1. The van der Waals surface area contributed by atoms with E-state index in [2.05, 4.69) is 10.5 Å². The lowest BCUT2D eigenvalue weighted by Crippen LogP contribution is -2.39. The average Bonchev–Trinajstić information content (AvgIpc) is 2.75. The number of amides is 1. The van der Waals surface area contributed by atoms with Crippen LogP contribution in [0.3, 0.4) is 0 Å². The minimum absolute atomic E-state index is 0.0773. The van der Waals surface area contributed by atoms with E-state index in [4.69, 9.17) is 0 Å². The molecule has 6 nitrogen and oxygen atoms in total. The Kier molecular flexibility index (Phi) is 6.89. The number of rotatable bonds is 8. The second-order valence-electron chi connectivity index (χ2n) is 6.28. The van der Waals surface area contributed by atoms with Crippen LogP contribution < -0.4 is 5.43 Å². The molecule has 0 saturated heterocycles. The number of nitrogens with zero attached hydrogens (tertiary/aromatic N) is 2. The Morgan fingerprint density at radius 3 is 2.03 bits per heavy atom. The summed E-state index contributed by atoms with van der Waals surface area (Å²) in [6.45, 7) is -0.272. The molecule has 148 valence electrons. The van der Waals surface area contributed by atoms with Gasteiger partial charge in [0.15, 0.2) is 0 Å². The van der Waals surface area contributed by atoms with Crippen LogP contribution in [-0.4, -0.2) is 31.4 Å². The molecule has 1 N–H and O–H groups in total. The van der Waals surface area contributed by atoms with Crippen molar-refractivity contribution >= 4 is 22.1 Å². The molecule has 29 heavy (non-hydrogen) atoms. The second kappa shape index (κ2) is 9.77. The van der Waals surface area contributed by atoms with Crippen LogP contribution in [0.25, 0.3) is 0 Å². The van der Waals surface area contributed by atoms with Gasteiger partial charge in [0.2, 0.25) is 10.0 Å². The van der Waals surface area contributed by atoms with E-state index < -0.39 is 15.9 Å². The Balaban J connectivity index is 1.76. The molecule has 0 aromatic heterocycles. The van der Waals surface area contributed by atoms with E-state index in [9.17, 15) is 13.2 Å². The summed E-state index contributed by atoms with van der Waals surface area (Å²) in [6, 6.07) is 26.5. The number of benzene rings is 3. The zero-order valence-electron chi connectivity index (χ0n) is 15.7. The lowest BCUT2D eigenvalue weighted by atomic mass is 10.2. The van der Waals surface area contributed by atoms with Gasteiger partial charge < -0.3 is 0 Å². The monoisotopic (exact) mass is 407 g/mol. The summed E-state index contributed by atoms with van der Waals surface area (Å²) in [5, 5.41) is 3.91. The molecular formula is C22H21N3O3S. The first-order valence-corrected chi connectivity index (χ1v) is 10.5. The molecule has 0 aliphatic carbocycles. The largest absolute Gasteiger partial charge is 0.272 e. The van der Waals surface area contributed by atoms with E-state index in [1.807, 2.05) is 60.7 Å². The van der Waals surface area contributed by atoms with Crippen molar-refractivity contribution in [2.75, 3.05) is 6.54 Å². The molecule has 0 aliphatic rings. The van der Waals surface area contributed by atoms with E-state index in [1.54, 1.807) is 18.2 Å². The molecular weight excluding hydrogens is 386 g/mol. The fourth-order valence-corrected chi connectivity index (χ4v) is 4.07. The van der Waals surface area contributed by atoms with Gasteiger partial charge >= 0.3 is 0 Å². The van der Waals surface area contributed by atoms with E-state index in [0.29, 0.717) is 0 Å². The van der Waals surface area contributed by atoms with Crippen LogP contribution in [0, 0.1) is 0 Å². The van der Waals surface area contributed by atoms with Crippen molar-refractivity contribution in [3.05, 3.63) is 102 Å². The quantitative estimate of drug-likeness (QED) is 0.460. The molecule has 0 fully saturated rings. The number of nitrogens with one attached hydrogen (secondary N) is 1. The zero-order valence-corrected chi connectivity index (χ0v) is 16.5. The van der Waals surface area contributed by atoms with Crippen molar-refractivity contribution < 1.29 is 13.2 Å². The van der Waals surface area contributed by atoms with Crippen LogP contribution in [0.1, 0.15) is 11.1 Å². The second-order valence-corrected chi connectivity index (χ2v) is 8.21. The maximum Gasteiger partial charge on any atom is 0.255 e. The van der Waals surface area contributed by atoms with E-state index >= 15 is 0 Å². The highest BCUT2D eigenvalue weighted by molar-refractivity contribution is 7.89. The Hall–Kier alpha value is -3.29. The van der Waals surface area contributed by atoms with Crippen molar-refractivity contribution in [1.82, 2.24) is 9.73 Å². The Morgan fingerprint density at radius 2 is 1.41 bits per heavy atom. The summed E-state index contributed by atoms with van der Waals surface area (Å²) in [7, 11) is -3.85. The normalized spacial score (nSPS) is 11.6. The van der Waals surface area contributed by atoms with E-state index in [0.717, 1.165) is 15.4 Å². The molecule has 0 aliphatic heterocycles. The molecule has 0 spiro atoms. The van der Waals surface area contributed by atoms with Crippen molar-refractivity contribution in [2.24, 2.45) is 5.10 Å². The number of hydrogen-bond acceptors (Lipinski definition) is 4. The summed E-state index contributed by atoms with van der Waals surface area (Å²) >= 11 is 0. The van der Waals surface area contributed by atoms with E-state index in [1.165, 1.54) is 18.3 Å². The topological polar surface area (TPSA) is 78.8 Å². The van der Waals surface area contributed by atoms with E-state index in [-0.39, 0.29) is 18.0 Å². The first-order chi connectivity index (χ1) is 14.1. The molecule has 0 unspecified atom stereocenters. The summed E-state index contributed by atoms with van der Waals surface area (Å²) in [6.07, 6.45) is 1.51. The molecule has 0 radical (unpaired) electrons. The van der Waals surface area contributed by atoms with Crippen LogP contribution in [-0.2, 0) is 21.4 Å². The van der Waals surface area contributed by atoms with Crippen LogP contribution in [0.5, 0.6) is 0 Å². The highest BCUT2D eigenvalue weighted by Crippen LogP contribution is 2.18. The predicted octanol–water partition coefficient (Wildman–Crippen LogP) is 3.03. The Morgan fingerprint density at radius 1 is 0.862 bits per heavy atom. The van der Waals surface area contributed by atoms with Gasteiger partial charge in [-0.15, -0.1) is 0 Å². The minimum atomic E-state index is -3.85. The molecule has 3 rings (SSSR count). The van der Waals surface area contributed by atoms with Crippen LogP contribution in [0.15, 0.2) is 101 Å². The van der Waals surface area contributed by atoms with Crippen molar-refractivity contribution in [3.63, 3.8) is 0 Å². The fourth-order valence-electron chi connectivity index (χ4n) is 2.67. The number of sulfonamides is 1. The van der Waals surface area contributed by atoms with Crippen molar-refractivity contribution in [1.29, 1.82) is 0 Å². The lowest BCUT2D eigenvalue weighted by Gasteiger charge is -2.21. The van der Waals surface area contributed by atoms with Gasteiger partial charge in [-0.05, 0) is 23.3 Å². The molecule has 7 heteroatoms. The summed E-state index contributed by atoms with van der Waals surface area (Å²) in [4.78, 5) is 12.5. The first-order valence-electron chi connectivity index (χ1n) is 9.02. The van der Waals surface area contributed by atoms with Gasteiger partial charge in [0.1, 0.15) is 0 Å².